The number of ether oxygens (including phenoxy) is 1. The van der Waals surface area contributed by atoms with E-state index < -0.39 is 12.6 Å². The van der Waals surface area contributed by atoms with Gasteiger partial charge in [-0.2, -0.15) is 0 Å². The van der Waals surface area contributed by atoms with Crippen molar-refractivity contribution in [1.82, 2.24) is 0 Å². The SMILES string of the molecule is O=CC1(B(O)O)CC=CO1. The number of rotatable bonds is 2. The molecule has 1 heterocycles. The van der Waals surface area contributed by atoms with Gasteiger partial charge in [0.05, 0.1) is 6.26 Å². The molecule has 1 aliphatic rings. The van der Waals surface area contributed by atoms with Crippen LogP contribution in [0.1, 0.15) is 6.42 Å². The van der Waals surface area contributed by atoms with Crippen molar-refractivity contribution in [3.63, 3.8) is 0 Å². The molecular formula is C5H7BO4. The van der Waals surface area contributed by atoms with E-state index in [2.05, 4.69) is 0 Å². The van der Waals surface area contributed by atoms with Gasteiger partial charge < -0.3 is 14.8 Å². The van der Waals surface area contributed by atoms with Crippen LogP contribution in [0.3, 0.4) is 0 Å². The Kier molecular flexibility index (Phi) is 1.78. The van der Waals surface area contributed by atoms with E-state index in [4.69, 9.17) is 14.8 Å². The number of hydrogen-bond donors (Lipinski definition) is 2. The molecule has 5 heteroatoms. The van der Waals surface area contributed by atoms with Crippen LogP contribution in [0.5, 0.6) is 0 Å². The first-order chi connectivity index (χ1) is 4.71. The van der Waals surface area contributed by atoms with Crippen molar-refractivity contribution in [1.29, 1.82) is 0 Å². The maximum Gasteiger partial charge on any atom is 0.506 e. The van der Waals surface area contributed by atoms with Gasteiger partial charge in [0.15, 0.2) is 6.29 Å². The van der Waals surface area contributed by atoms with E-state index in [1.54, 1.807) is 6.08 Å². The van der Waals surface area contributed by atoms with E-state index in [1.165, 1.54) is 6.26 Å². The third-order valence-electron chi connectivity index (χ3n) is 1.46. The molecular weight excluding hydrogens is 135 g/mol. The highest BCUT2D eigenvalue weighted by atomic mass is 16.5. The van der Waals surface area contributed by atoms with Gasteiger partial charge in [-0.3, -0.25) is 4.79 Å². The summed E-state index contributed by atoms with van der Waals surface area (Å²) < 4.78 is 4.70. The quantitative estimate of drug-likeness (QED) is 0.378. The average molecular weight is 142 g/mol. The van der Waals surface area contributed by atoms with E-state index in [-0.39, 0.29) is 6.42 Å². The molecule has 0 aliphatic carbocycles. The normalized spacial score (nSPS) is 29.8. The molecule has 2 N–H and O–H groups in total. The summed E-state index contributed by atoms with van der Waals surface area (Å²) in [5, 5.41) is 17.3. The standard InChI is InChI=1S/C5H7BO4/c7-4-5(6(8)9)2-1-3-10-5/h1,3-4,8-9H,2H2. The van der Waals surface area contributed by atoms with Crippen molar-refractivity contribution in [2.45, 2.75) is 11.9 Å². The van der Waals surface area contributed by atoms with E-state index in [9.17, 15) is 4.79 Å². The molecule has 0 amide bonds. The number of carbonyl (C=O) groups is 1. The minimum absolute atomic E-state index is 0.216. The van der Waals surface area contributed by atoms with Crippen molar-refractivity contribution in [3.05, 3.63) is 12.3 Å². The molecule has 1 unspecified atom stereocenters. The molecule has 0 radical (unpaired) electrons. The lowest BCUT2D eigenvalue weighted by Crippen LogP contribution is -2.47. The molecule has 1 aliphatic heterocycles. The van der Waals surface area contributed by atoms with E-state index in [0.29, 0.717) is 6.29 Å². The van der Waals surface area contributed by atoms with Crippen molar-refractivity contribution in [3.8, 4) is 0 Å². The predicted octanol–water partition coefficient (Wildman–Crippen LogP) is -1.13. The van der Waals surface area contributed by atoms with Gasteiger partial charge >= 0.3 is 7.12 Å². The van der Waals surface area contributed by atoms with Crippen LogP contribution < -0.4 is 0 Å². The van der Waals surface area contributed by atoms with Gasteiger partial charge in [0.25, 0.3) is 0 Å². The topological polar surface area (TPSA) is 66.8 Å². The first kappa shape index (κ1) is 7.30. The van der Waals surface area contributed by atoms with E-state index in [0.717, 1.165) is 0 Å². The molecule has 4 nitrogen and oxygen atoms in total. The fourth-order valence-corrected chi connectivity index (χ4v) is 0.758. The summed E-state index contributed by atoms with van der Waals surface area (Å²) in [5.74, 6) is 0. The third-order valence-corrected chi connectivity index (χ3v) is 1.46. The zero-order chi connectivity index (χ0) is 7.61. The average Bonchev–Trinajstić information content (AvgIpc) is 2.35. The summed E-state index contributed by atoms with van der Waals surface area (Å²) in [6.07, 6.45) is 3.47. The molecule has 0 bridgehead atoms. The van der Waals surface area contributed by atoms with Gasteiger partial charge in [-0.15, -0.1) is 0 Å². The maximum absolute atomic E-state index is 10.3. The summed E-state index contributed by atoms with van der Waals surface area (Å²) in [5.41, 5.74) is -1.44. The number of aldehydes is 1. The lowest BCUT2D eigenvalue weighted by molar-refractivity contribution is -0.118. The maximum atomic E-state index is 10.3. The van der Waals surface area contributed by atoms with Gasteiger partial charge in [0, 0.05) is 6.42 Å². The van der Waals surface area contributed by atoms with Crippen LogP contribution in [0, 0.1) is 0 Å². The van der Waals surface area contributed by atoms with Crippen LogP contribution in [-0.4, -0.2) is 29.0 Å². The minimum atomic E-state index is -1.75. The largest absolute Gasteiger partial charge is 0.506 e. The van der Waals surface area contributed by atoms with Crippen LogP contribution in [0.2, 0.25) is 0 Å². The summed E-state index contributed by atoms with van der Waals surface area (Å²) >= 11 is 0. The Labute approximate surface area is 58.3 Å². The Morgan fingerprint density at radius 1 is 1.70 bits per heavy atom. The molecule has 1 atom stereocenters. The van der Waals surface area contributed by atoms with Crippen LogP contribution in [-0.2, 0) is 9.53 Å². The Morgan fingerprint density at radius 2 is 2.40 bits per heavy atom. The summed E-state index contributed by atoms with van der Waals surface area (Å²) in [6, 6.07) is 0. The lowest BCUT2D eigenvalue weighted by atomic mass is 9.67. The molecule has 0 spiro atoms. The smallest absolute Gasteiger partial charge is 0.490 e. The molecule has 1 rings (SSSR count). The second kappa shape index (κ2) is 2.44. The van der Waals surface area contributed by atoms with Gasteiger partial charge in [0.2, 0.25) is 5.50 Å². The number of carbonyl (C=O) groups excluding carboxylic acids is 1. The highest BCUT2D eigenvalue weighted by Gasteiger charge is 2.45. The summed E-state index contributed by atoms with van der Waals surface area (Å²) in [6.45, 7) is 0. The molecule has 0 aromatic rings. The fourth-order valence-electron chi connectivity index (χ4n) is 0.758. The minimum Gasteiger partial charge on any atom is -0.490 e. The molecule has 54 valence electrons. The number of hydrogen-bond acceptors (Lipinski definition) is 4. The van der Waals surface area contributed by atoms with Gasteiger partial charge in [-0.25, -0.2) is 0 Å². The zero-order valence-corrected chi connectivity index (χ0v) is 5.23. The Hall–Kier alpha value is -0.805. The first-order valence-electron chi connectivity index (χ1n) is 2.86. The monoisotopic (exact) mass is 142 g/mol. The second-order valence-electron chi connectivity index (χ2n) is 2.14. The van der Waals surface area contributed by atoms with Crippen LogP contribution in [0.4, 0.5) is 0 Å². The molecule has 10 heavy (non-hydrogen) atoms. The molecule has 0 saturated carbocycles. The van der Waals surface area contributed by atoms with Crippen molar-refractivity contribution in [2.75, 3.05) is 0 Å². The first-order valence-corrected chi connectivity index (χ1v) is 2.86. The van der Waals surface area contributed by atoms with Gasteiger partial charge in [-0.05, 0) is 6.08 Å². The highest BCUT2D eigenvalue weighted by molar-refractivity contribution is 6.50. The molecule has 0 saturated heterocycles. The van der Waals surface area contributed by atoms with Gasteiger partial charge in [-0.1, -0.05) is 0 Å². The van der Waals surface area contributed by atoms with Crippen LogP contribution >= 0.6 is 0 Å². The highest BCUT2D eigenvalue weighted by Crippen LogP contribution is 2.21. The lowest BCUT2D eigenvalue weighted by Gasteiger charge is -2.19. The predicted molar refractivity (Wildman–Crippen MR) is 33.8 cm³/mol. The zero-order valence-electron chi connectivity index (χ0n) is 5.23. The van der Waals surface area contributed by atoms with Gasteiger partial charge in [0.1, 0.15) is 0 Å². The van der Waals surface area contributed by atoms with Crippen LogP contribution in [0.25, 0.3) is 0 Å². The summed E-state index contributed by atoms with van der Waals surface area (Å²) in [7, 11) is -1.75. The second-order valence-corrected chi connectivity index (χ2v) is 2.14. The van der Waals surface area contributed by atoms with Crippen molar-refractivity contribution >= 4 is 13.4 Å². The molecule has 0 aromatic heterocycles. The van der Waals surface area contributed by atoms with Crippen molar-refractivity contribution in [2.24, 2.45) is 0 Å². The third kappa shape index (κ3) is 0.934. The molecule has 0 aromatic carbocycles. The fraction of sp³-hybridized carbons (Fsp3) is 0.400. The van der Waals surface area contributed by atoms with Crippen molar-refractivity contribution < 1.29 is 19.6 Å². The van der Waals surface area contributed by atoms with E-state index in [1.807, 2.05) is 0 Å². The van der Waals surface area contributed by atoms with E-state index >= 15 is 0 Å². The molecule has 0 fully saturated rings. The Bertz CT molecular complexity index is 157. The van der Waals surface area contributed by atoms with Crippen LogP contribution in [0.15, 0.2) is 12.3 Å². The summed E-state index contributed by atoms with van der Waals surface area (Å²) in [4.78, 5) is 10.3. The Morgan fingerprint density at radius 3 is 2.60 bits per heavy atom. The Balaban J connectivity index is 2.70.